The van der Waals surface area contributed by atoms with Crippen LogP contribution in [0.25, 0.3) is 0 Å². The molecule has 1 N–H and O–H groups in total. The number of nitriles is 2. The highest BCUT2D eigenvalue weighted by molar-refractivity contribution is 6.67. The first kappa shape index (κ1) is 11.4. The van der Waals surface area contributed by atoms with Gasteiger partial charge in [0.1, 0.15) is 11.9 Å². The predicted octanol–water partition coefficient (Wildman–Crippen LogP) is 1.48. The molecule has 0 bridgehead atoms. The van der Waals surface area contributed by atoms with E-state index in [0.717, 1.165) is 25.5 Å². The van der Waals surface area contributed by atoms with E-state index in [0.29, 0.717) is 11.9 Å². The minimum Gasteiger partial charge on any atom is -0.367 e. The van der Waals surface area contributed by atoms with Crippen LogP contribution in [0.2, 0.25) is 12.6 Å². The van der Waals surface area contributed by atoms with Crippen molar-refractivity contribution in [1.29, 1.82) is 10.5 Å². The van der Waals surface area contributed by atoms with Crippen molar-refractivity contribution in [3.8, 4) is 12.0 Å². The quantitative estimate of drug-likeness (QED) is 0.770. The summed E-state index contributed by atoms with van der Waals surface area (Å²) in [4.78, 5) is 7.90. The zero-order valence-corrected chi connectivity index (χ0v) is 9.43. The Hall–Kier alpha value is -2.08. The fourth-order valence-electron chi connectivity index (χ4n) is 2.07. The van der Waals surface area contributed by atoms with Gasteiger partial charge in [0.2, 0.25) is 5.82 Å². The van der Waals surface area contributed by atoms with Crippen molar-refractivity contribution in [2.45, 2.75) is 31.5 Å². The number of aromatic nitrogens is 2. The summed E-state index contributed by atoms with van der Waals surface area (Å²) in [6.07, 6.45) is 5.40. The van der Waals surface area contributed by atoms with E-state index >= 15 is 0 Å². The molecule has 17 heavy (non-hydrogen) atoms. The molecule has 0 aliphatic carbocycles. The van der Waals surface area contributed by atoms with Crippen LogP contribution in [0.4, 0.5) is 5.82 Å². The van der Waals surface area contributed by atoms with Crippen LogP contribution < -0.4 is 5.32 Å². The zero-order valence-electron chi connectivity index (χ0n) is 9.43. The molecule has 1 aromatic rings. The Morgan fingerprint density at radius 1 is 1.35 bits per heavy atom. The van der Waals surface area contributed by atoms with Gasteiger partial charge in [0.15, 0.2) is 0 Å². The van der Waals surface area contributed by atoms with E-state index in [2.05, 4.69) is 21.3 Å². The van der Waals surface area contributed by atoms with Crippen molar-refractivity contribution in [1.82, 2.24) is 9.97 Å². The van der Waals surface area contributed by atoms with Gasteiger partial charge in [0.05, 0.1) is 0 Å². The molecule has 1 aromatic heterocycles. The second kappa shape index (κ2) is 5.31. The van der Waals surface area contributed by atoms with Gasteiger partial charge >= 0.3 is 0 Å². The summed E-state index contributed by atoms with van der Waals surface area (Å²) in [6, 6.07) is 4.02. The molecule has 0 amide bonds. The van der Waals surface area contributed by atoms with Crippen molar-refractivity contribution < 1.29 is 0 Å². The Labute approximate surface area is 101 Å². The molecule has 0 atom stereocenters. The average Bonchev–Trinajstić information content (AvgIpc) is 2.40. The Morgan fingerprint density at radius 2 is 2.12 bits per heavy atom. The molecule has 0 spiro atoms. The van der Waals surface area contributed by atoms with E-state index in [1.165, 1.54) is 0 Å². The highest BCUT2D eigenvalue weighted by Crippen LogP contribution is 2.21. The molecular weight excluding hydrogens is 213 g/mol. The van der Waals surface area contributed by atoms with Crippen LogP contribution in [-0.4, -0.2) is 22.7 Å². The van der Waals surface area contributed by atoms with Crippen LogP contribution >= 0.6 is 0 Å². The third-order valence-corrected chi connectivity index (χ3v) is 3.02. The van der Waals surface area contributed by atoms with E-state index < -0.39 is 0 Å². The lowest BCUT2D eigenvalue weighted by Gasteiger charge is -2.24. The maximum absolute atomic E-state index is 8.81. The largest absolute Gasteiger partial charge is 0.367 e. The zero-order chi connectivity index (χ0) is 12.1. The van der Waals surface area contributed by atoms with Gasteiger partial charge < -0.3 is 5.32 Å². The Balaban J connectivity index is 1.94. The molecule has 0 radical (unpaired) electrons. The maximum atomic E-state index is 8.81. The predicted molar refractivity (Wildman–Crippen MR) is 64.4 cm³/mol. The first-order valence-electron chi connectivity index (χ1n) is 5.71. The molecule has 0 unspecified atom stereocenters. The van der Waals surface area contributed by atoms with Crippen molar-refractivity contribution in [3.05, 3.63) is 18.1 Å². The van der Waals surface area contributed by atoms with Crippen LogP contribution in [0.5, 0.6) is 0 Å². The fraction of sp³-hybridized carbons (Fsp3) is 0.455. The maximum Gasteiger partial charge on any atom is 0.268 e. The number of hydrogen-bond acceptors (Lipinski definition) is 5. The summed E-state index contributed by atoms with van der Waals surface area (Å²) in [5.74, 6) is 3.18. The first-order valence-corrected chi connectivity index (χ1v) is 5.71. The highest BCUT2D eigenvalue weighted by atomic mass is 15.0. The van der Waals surface area contributed by atoms with Crippen molar-refractivity contribution in [2.75, 3.05) is 5.32 Å². The number of hydrogen-bond donors (Lipinski definition) is 1. The summed E-state index contributed by atoms with van der Waals surface area (Å²) < 4.78 is 0. The molecule has 2 rings (SSSR count). The second-order valence-electron chi connectivity index (χ2n) is 4.20. The number of nitrogens with zero attached hydrogens (tertiary/aromatic N) is 4. The van der Waals surface area contributed by atoms with Gasteiger partial charge in [-0.3, -0.25) is 0 Å². The summed E-state index contributed by atoms with van der Waals surface area (Å²) in [5, 5.41) is 20.8. The van der Waals surface area contributed by atoms with Gasteiger partial charge in [-0.2, -0.15) is 5.26 Å². The summed E-state index contributed by atoms with van der Waals surface area (Å²) in [7, 11) is 0. The molecule has 1 aliphatic rings. The van der Waals surface area contributed by atoms with E-state index in [4.69, 9.17) is 10.5 Å². The lowest BCUT2D eigenvalue weighted by molar-refractivity contribution is 0.636. The van der Waals surface area contributed by atoms with Gasteiger partial charge in [-0.15, -0.1) is 0 Å². The Bertz CT molecular complexity index is 467. The summed E-state index contributed by atoms with van der Waals surface area (Å²) in [6.45, 7) is 0.202. The second-order valence-corrected chi connectivity index (χ2v) is 4.20. The van der Waals surface area contributed by atoms with Gasteiger partial charge in [-0.05, 0) is 18.9 Å². The van der Waals surface area contributed by atoms with E-state index in [-0.39, 0.29) is 12.5 Å². The van der Waals surface area contributed by atoms with Crippen LogP contribution in [0.1, 0.15) is 18.7 Å². The Kier molecular flexibility index (Phi) is 3.57. The average molecular weight is 225 g/mol. The smallest absolute Gasteiger partial charge is 0.268 e. The number of nitrogens with one attached hydrogen (secondary N) is 1. The van der Waals surface area contributed by atoms with E-state index in [1.54, 1.807) is 12.3 Å². The number of anilines is 1. The van der Waals surface area contributed by atoms with E-state index in [9.17, 15) is 0 Å². The molecule has 2 heterocycles. The van der Waals surface area contributed by atoms with Crippen molar-refractivity contribution in [2.24, 2.45) is 0 Å². The van der Waals surface area contributed by atoms with Gasteiger partial charge in [-0.25, -0.2) is 15.2 Å². The van der Waals surface area contributed by atoms with Crippen molar-refractivity contribution >= 4 is 12.5 Å². The molecule has 1 saturated heterocycles. The molecule has 1 fully saturated rings. The third kappa shape index (κ3) is 2.95. The molecule has 0 saturated carbocycles. The van der Waals surface area contributed by atoms with Crippen LogP contribution in [0, 0.1) is 22.6 Å². The van der Waals surface area contributed by atoms with Gasteiger partial charge in [-0.1, -0.05) is 12.6 Å². The minimum atomic E-state index is 0.181. The molecule has 84 valence electrons. The Morgan fingerprint density at radius 3 is 2.76 bits per heavy atom. The first-order chi connectivity index (χ1) is 8.31. The lowest BCUT2D eigenvalue weighted by Crippen LogP contribution is -2.29. The molecule has 6 heteroatoms. The number of rotatable bonds is 2. The van der Waals surface area contributed by atoms with Crippen LogP contribution in [0.3, 0.4) is 0 Å². The topological polar surface area (TPSA) is 85.4 Å². The van der Waals surface area contributed by atoms with Crippen LogP contribution in [-0.2, 0) is 0 Å². The fourth-order valence-corrected chi connectivity index (χ4v) is 2.07. The SMILES string of the molecule is N#CB1CCC(Nc2ccnc(C#N)n2)CC1. The van der Waals surface area contributed by atoms with Gasteiger partial charge in [0.25, 0.3) is 6.71 Å². The van der Waals surface area contributed by atoms with Gasteiger partial charge in [0, 0.05) is 18.2 Å². The van der Waals surface area contributed by atoms with E-state index in [1.807, 2.05) is 6.07 Å². The normalized spacial score (nSPS) is 16.0. The monoisotopic (exact) mass is 225 g/mol. The van der Waals surface area contributed by atoms with Crippen LogP contribution in [0.15, 0.2) is 12.3 Å². The minimum absolute atomic E-state index is 0.181. The third-order valence-electron chi connectivity index (χ3n) is 3.02. The molecular formula is C11H12BN5. The standard InChI is InChI=1S/C11H12BN5/c13-7-11-15-6-3-10(17-11)16-9-1-4-12(8-14)5-2-9/h3,6,9H,1-2,4-5H2,(H,15,16,17). The van der Waals surface area contributed by atoms with Crippen molar-refractivity contribution in [3.63, 3.8) is 0 Å². The lowest BCUT2D eigenvalue weighted by atomic mass is 9.42. The molecule has 0 aromatic carbocycles. The molecule has 1 aliphatic heterocycles. The summed E-state index contributed by atoms with van der Waals surface area (Å²) in [5.41, 5.74) is 0. The highest BCUT2D eigenvalue weighted by Gasteiger charge is 2.24. The summed E-state index contributed by atoms with van der Waals surface area (Å²) >= 11 is 0. The molecule has 5 nitrogen and oxygen atoms in total.